The number of piperidine rings is 1. The van der Waals surface area contributed by atoms with Crippen LogP contribution >= 0.6 is 0 Å². The number of sulfonamides is 1. The van der Waals surface area contributed by atoms with Crippen molar-refractivity contribution in [2.45, 2.75) is 36.8 Å². The number of aryl methyl sites for hydroxylation is 1. The van der Waals surface area contributed by atoms with Crippen LogP contribution in [0.15, 0.2) is 89.8 Å². The standard InChI is InChI=1S/C31H30F3N3O3S/c1-21-8-6-7-11-26(21)30-29(31(32,33)34)27(20-28(35-30)36-41(38,39)25-9-4-3-5-10-25)40-24-14-12-22(13-15-24)23-16-18-37(2)19-17-23/h3-15,20,23H,16-19H2,1-2H3,(H,35,36). The second-order valence-electron chi connectivity index (χ2n) is 10.2. The predicted octanol–water partition coefficient (Wildman–Crippen LogP) is 7.48. The molecule has 3 aromatic carbocycles. The minimum absolute atomic E-state index is 0.0499. The van der Waals surface area contributed by atoms with E-state index in [4.69, 9.17) is 4.74 Å². The maximum absolute atomic E-state index is 14.6. The summed E-state index contributed by atoms with van der Waals surface area (Å²) in [5, 5.41) is 0. The van der Waals surface area contributed by atoms with Crippen LogP contribution < -0.4 is 9.46 Å². The second kappa shape index (κ2) is 11.5. The van der Waals surface area contributed by atoms with Crippen LogP contribution in [0.1, 0.15) is 35.4 Å². The van der Waals surface area contributed by atoms with Gasteiger partial charge in [0.2, 0.25) is 0 Å². The van der Waals surface area contributed by atoms with Crippen LogP contribution in [-0.2, 0) is 16.2 Å². The van der Waals surface area contributed by atoms with Crippen LogP contribution in [0.3, 0.4) is 0 Å². The van der Waals surface area contributed by atoms with Crippen molar-refractivity contribution in [3.05, 3.63) is 102 Å². The molecule has 0 unspecified atom stereocenters. The largest absolute Gasteiger partial charge is 0.457 e. The third-order valence-corrected chi connectivity index (χ3v) is 8.63. The number of nitrogens with zero attached hydrogens (tertiary/aromatic N) is 2. The Morgan fingerprint density at radius 3 is 2.20 bits per heavy atom. The molecule has 1 aromatic heterocycles. The molecule has 5 rings (SSSR count). The van der Waals surface area contributed by atoms with Crippen molar-refractivity contribution < 1.29 is 26.3 Å². The van der Waals surface area contributed by atoms with Crippen molar-refractivity contribution in [2.24, 2.45) is 0 Å². The Balaban J connectivity index is 1.58. The van der Waals surface area contributed by atoms with Gasteiger partial charge in [-0.3, -0.25) is 4.72 Å². The van der Waals surface area contributed by atoms with E-state index < -0.39 is 33.2 Å². The lowest BCUT2D eigenvalue weighted by Gasteiger charge is -2.29. The Morgan fingerprint density at radius 1 is 0.927 bits per heavy atom. The lowest BCUT2D eigenvalue weighted by Crippen LogP contribution is -2.29. The molecule has 0 atom stereocenters. The van der Waals surface area contributed by atoms with Gasteiger partial charge >= 0.3 is 6.18 Å². The lowest BCUT2D eigenvalue weighted by molar-refractivity contribution is -0.138. The maximum Gasteiger partial charge on any atom is 0.422 e. The Morgan fingerprint density at radius 2 is 1.56 bits per heavy atom. The first-order valence-electron chi connectivity index (χ1n) is 13.2. The molecule has 0 spiro atoms. The van der Waals surface area contributed by atoms with E-state index >= 15 is 0 Å². The molecule has 1 aliphatic rings. The van der Waals surface area contributed by atoms with Gasteiger partial charge in [-0.15, -0.1) is 0 Å². The number of pyridine rings is 1. The molecule has 1 N–H and O–H groups in total. The van der Waals surface area contributed by atoms with E-state index in [2.05, 4.69) is 21.7 Å². The van der Waals surface area contributed by atoms with E-state index in [1.165, 1.54) is 18.2 Å². The van der Waals surface area contributed by atoms with Gasteiger partial charge < -0.3 is 9.64 Å². The van der Waals surface area contributed by atoms with E-state index in [9.17, 15) is 21.6 Å². The summed E-state index contributed by atoms with van der Waals surface area (Å²) < 4.78 is 78.2. The van der Waals surface area contributed by atoms with E-state index in [1.54, 1.807) is 55.5 Å². The molecular weight excluding hydrogens is 551 g/mol. The van der Waals surface area contributed by atoms with Crippen molar-refractivity contribution in [1.82, 2.24) is 9.88 Å². The Labute approximate surface area is 237 Å². The summed E-state index contributed by atoms with van der Waals surface area (Å²) in [4.78, 5) is 6.39. The number of benzene rings is 3. The van der Waals surface area contributed by atoms with Gasteiger partial charge in [0, 0.05) is 11.6 Å². The van der Waals surface area contributed by atoms with Gasteiger partial charge in [0.05, 0.1) is 10.6 Å². The van der Waals surface area contributed by atoms with Crippen molar-refractivity contribution >= 4 is 15.8 Å². The van der Waals surface area contributed by atoms with E-state index in [-0.39, 0.29) is 22.0 Å². The first-order chi connectivity index (χ1) is 19.5. The summed E-state index contributed by atoms with van der Waals surface area (Å²) in [7, 11) is -2.05. The number of hydrogen-bond donors (Lipinski definition) is 1. The number of aromatic nitrogens is 1. The van der Waals surface area contributed by atoms with Crippen molar-refractivity contribution in [3.63, 3.8) is 0 Å². The second-order valence-corrected chi connectivity index (χ2v) is 11.9. The number of nitrogens with one attached hydrogen (secondary N) is 1. The third kappa shape index (κ3) is 6.55. The fourth-order valence-corrected chi connectivity index (χ4v) is 6.05. The van der Waals surface area contributed by atoms with Gasteiger partial charge in [0.25, 0.3) is 10.0 Å². The molecule has 1 fully saturated rings. The number of hydrogen-bond acceptors (Lipinski definition) is 5. The first kappa shape index (κ1) is 28.6. The molecule has 0 radical (unpaired) electrons. The number of halogens is 3. The van der Waals surface area contributed by atoms with Crippen molar-refractivity contribution in [2.75, 3.05) is 24.9 Å². The summed E-state index contributed by atoms with van der Waals surface area (Å²) in [5.41, 5.74) is 0.342. The molecule has 4 aromatic rings. The minimum atomic E-state index is -4.84. The zero-order valence-corrected chi connectivity index (χ0v) is 23.5. The lowest BCUT2D eigenvalue weighted by atomic mass is 9.90. The predicted molar refractivity (Wildman–Crippen MR) is 153 cm³/mol. The van der Waals surface area contributed by atoms with Gasteiger partial charge in [0.15, 0.2) is 0 Å². The minimum Gasteiger partial charge on any atom is -0.457 e. The van der Waals surface area contributed by atoms with Crippen LogP contribution in [-0.4, -0.2) is 38.4 Å². The SMILES string of the molecule is Cc1ccccc1-c1nc(NS(=O)(=O)c2ccccc2)cc(Oc2ccc(C3CCN(C)CC3)cc2)c1C(F)(F)F. The Hall–Kier alpha value is -3.89. The molecule has 0 amide bonds. The van der Waals surface area contributed by atoms with Gasteiger partial charge in [-0.2, -0.15) is 13.2 Å². The van der Waals surface area contributed by atoms with Crippen molar-refractivity contribution in [3.8, 4) is 22.8 Å². The maximum atomic E-state index is 14.6. The monoisotopic (exact) mass is 581 g/mol. The Kier molecular flexibility index (Phi) is 8.06. The summed E-state index contributed by atoms with van der Waals surface area (Å²) in [6.45, 7) is 3.64. The number of ether oxygens (including phenoxy) is 1. The number of anilines is 1. The third-order valence-electron chi connectivity index (χ3n) is 7.26. The molecule has 10 heteroatoms. The van der Waals surface area contributed by atoms with Gasteiger partial charge in [-0.05, 0) is 81.2 Å². The zero-order valence-electron chi connectivity index (χ0n) is 22.6. The fourth-order valence-electron chi connectivity index (χ4n) is 5.04. The van der Waals surface area contributed by atoms with Crippen LogP contribution in [0, 0.1) is 6.92 Å². The molecular formula is C31H30F3N3O3S. The highest BCUT2D eigenvalue weighted by Crippen LogP contribution is 2.45. The van der Waals surface area contributed by atoms with Crippen LogP contribution in [0.2, 0.25) is 0 Å². The summed E-state index contributed by atoms with van der Waals surface area (Å²) >= 11 is 0. The highest BCUT2D eigenvalue weighted by molar-refractivity contribution is 7.92. The van der Waals surface area contributed by atoms with Crippen LogP contribution in [0.25, 0.3) is 11.3 Å². The fraction of sp³-hybridized carbons (Fsp3) is 0.258. The Bertz CT molecular complexity index is 1620. The van der Waals surface area contributed by atoms with Gasteiger partial charge in [-0.1, -0.05) is 54.6 Å². The number of alkyl halides is 3. The first-order valence-corrected chi connectivity index (χ1v) is 14.7. The summed E-state index contributed by atoms with van der Waals surface area (Å²) in [6.07, 6.45) is -2.83. The highest BCUT2D eigenvalue weighted by atomic mass is 32.2. The zero-order chi connectivity index (χ0) is 29.2. The molecule has 1 aliphatic heterocycles. The van der Waals surface area contributed by atoms with Crippen LogP contribution in [0.5, 0.6) is 11.5 Å². The molecule has 2 heterocycles. The topological polar surface area (TPSA) is 71.5 Å². The van der Waals surface area contributed by atoms with E-state index in [0.29, 0.717) is 11.5 Å². The summed E-state index contributed by atoms with van der Waals surface area (Å²) in [6, 6.07) is 22.1. The average Bonchev–Trinajstić information content (AvgIpc) is 2.93. The quantitative estimate of drug-likeness (QED) is 0.245. The molecule has 1 saturated heterocycles. The highest BCUT2D eigenvalue weighted by Gasteiger charge is 2.40. The molecule has 0 aliphatic carbocycles. The van der Waals surface area contributed by atoms with Gasteiger partial charge in [0.1, 0.15) is 22.9 Å². The molecule has 6 nitrogen and oxygen atoms in total. The van der Waals surface area contributed by atoms with Gasteiger partial charge in [-0.25, -0.2) is 13.4 Å². The average molecular weight is 582 g/mol. The van der Waals surface area contributed by atoms with E-state index in [1.807, 2.05) is 12.1 Å². The number of likely N-dealkylation sites (tertiary alicyclic amines) is 1. The van der Waals surface area contributed by atoms with E-state index in [0.717, 1.165) is 37.6 Å². The summed E-state index contributed by atoms with van der Waals surface area (Å²) in [5.74, 6) is -0.272. The molecule has 0 saturated carbocycles. The normalized spacial score (nSPS) is 15.0. The van der Waals surface area contributed by atoms with Crippen LogP contribution in [0.4, 0.5) is 19.0 Å². The molecule has 214 valence electrons. The molecule has 41 heavy (non-hydrogen) atoms. The molecule has 0 bridgehead atoms. The smallest absolute Gasteiger partial charge is 0.422 e. The van der Waals surface area contributed by atoms with Crippen molar-refractivity contribution in [1.29, 1.82) is 0 Å². The number of rotatable bonds is 7.